The summed E-state index contributed by atoms with van der Waals surface area (Å²) in [5.74, 6) is 2.13. The summed E-state index contributed by atoms with van der Waals surface area (Å²) < 4.78 is 12.8. The maximum Gasteiger partial charge on any atom is 0.205 e. The highest BCUT2D eigenvalue weighted by Crippen LogP contribution is 2.23. The SMILES string of the molecule is COCCn1nnc(C2CN(c3ccc(-c4nccn4C)nn3)CCO2)n1. The maximum absolute atomic E-state index is 5.82. The van der Waals surface area contributed by atoms with E-state index in [-0.39, 0.29) is 6.10 Å². The lowest BCUT2D eigenvalue weighted by Gasteiger charge is -2.31. The van der Waals surface area contributed by atoms with Crippen molar-refractivity contribution in [2.45, 2.75) is 12.6 Å². The third-order valence-electron chi connectivity index (χ3n) is 4.34. The molecule has 11 nitrogen and oxygen atoms in total. The van der Waals surface area contributed by atoms with Gasteiger partial charge in [-0.3, -0.25) is 0 Å². The van der Waals surface area contributed by atoms with Crippen molar-refractivity contribution in [3.8, 4) is 11.5 Å². The van der Waals surface area contributed by atoms with E-state index in [2.05, 4.69) is 35.5 Å². The van der Waals surface area contributed by atoms with Crippen molar-refractivity contribution in [1.29, 1.82) is 0 Å². The van der Waals surface area contributed by atoms with E-state index in [0.717, 1.165) is 23.9 Å². The molecule has 0 saturated carbocycles. The molecular weight excluding hydrogens is 350 g/mol. The molecule has 0 N–H and O–H groups in total. The average molecular weight is 371 g/mol. The third kappa shape index (κ3) is 3.78. The van der Waals surface area contributed by atoms with Crippen LogP contribution < -0.4 is 4.90 Å². The first-order chi connectivity index (χ1) is 13.2. The molecule has 4 rings (SSSR count). The molecule has 0 bridgehead atoms. The molecule has 11 heteroatoms. The number of imidazole rings is 1. The Hall–Kier alpha value is -2.92. The van der Waals surface area contributed by atoms with Gasteiger partial charge in [-0.05, 0) is 17.3 Å². The molecule has 1 saturated heterocycles. The molecule has 0 aromatic carbocycles. The first-order valence-electron chi connectivity index (χ1n) is 8.69. The van der Waals surface area contributed by atoms with Crippen LogP contribution in [0, 0.1) is 0 Å². The second kappa shape index (κ2) is 7.76. The van der Waals surface area contributed by atoms with Crippen molar-refractivity contribution >= 4 is 5.82 Å². The lowest BCUT2D eigenvalue weighted by atomic mass is 10.2. The van der Waals surface area contributed by atoms with Gasteiger partial charge in [0.2, 0.25) is 5.82 Å². The second-order valence-electron chi connectivity index (χ2n) is 6.18. The van der Waals surface area contributed by atoms with Crippen LogP contribution >= 0.6 is 0 Å². The highest BCUT2D eigenvalue weighted by Gasteiger charge is 2.27. The lowest BCUT2D eigenvalue weighted by molar-refractivity contribution is 0.0334. The Balaban J connectivity index is 1.45. The van der Waals surface area contributed by atoms with Gasteiger partial charge in [0.05, 0.1) is 26.3 Å². The molecule has 142 valence electrons. The van der Waals surface area contributed by atoms with E-state index in [0.29, 0.717) is 32.1 Å². The van der Waals surface area contributed by atoms with E-state index in [1.807, 2.05) is 29.9 Å². The largest absolute Gasteiger partial charge is 0.383 e. The van der Waals surface area contributed by atoms with Crippen molar-refractivity contribution in [2.24, 2.45) is 7.05 Å². The van der Waals surface area contributed by atoms with Crippen LogP contribution in [0.2, 0.25) is 0 Å². The molecule has 27 heavy (non-hydrogen) atoms. The van der Waals surface area contributed by atoms with Crippen molar-refractivity contribution in [2.75, 3.05) is 38.3 Å². The topological polar surface area (TPSA) is 109 Å². The Kier molecular flexibility index (Phi) is 5.03. The Morgan fingerprint density at radius 3 is 2.93 bits per heavy atom. The predicted molar refractivity (Wildman–Crippen MR) is 94.8 cm³/mol. The van der Waals surface area contributed by atoms with Gasteiger partial charge in [-0.15, -0.1) is 20.4 Å². The molecule has 0 radical (unpaired) electrons. The monoisotopic (exact) mass is 371 g/mol. The number of nitrogens with zero attached hydrogens (tertiary/aromatic N) is 9. The van der Waals surface area contributed by atoms with Crippen LogP contribution in [0.3, 0.4) is 0 Å². The Bertz CT molecular complexity index is 876. The maximum atomic E-state index is 5.82. The summed E-state index contributed by atoms with van der Waals surface area (Å²) in [6.07, 6.45) is 3.36. The van der Waals surface area contributed by atoms with Crippen LogP contribution in [0.1, 0.15) is 11.9 Å². The molecule has 1 aliphatic heterocycles. The number of methoxy groups -OCH3 is 1. The van der Waals surface area contributed by atoms with E-state index in [9.17, 15) is 0 Å². The van der Waals surface area contributed by atoms with Crippen LogP contribution in [-0.4, -0.2) is 73.4 Å². The Labute approximate surface area is 155 Å². The zero-order chi connectivity index (χ0) is 18.6. The summed E-state index contributed by atoms with van der Waals surface area (Å²) >= 11 is 0. The Morgan fingerprint density at radius 2 is 2.19 bits per heavy atom. The van der Waals surface area contributed by atoms with Crippen LogP contribution in [0.4, 0.5) is 5.82 Å². The molecule has 3 aromatic rings. The van der Waals surface area contributed by atoms with Gasteiger partial charge >= 0.3 is 0 Å². The van der Waals surface area contributed by atoms with Gasteiger partial charge in [0.25, 0.3) is 0 Å². The standard InChI is InChI=1S/C16H21N9O2/c1-23-6-5-17-16(23)12-3-4-14(19-18-12)24-7-10-27-13(11-24)15-20-22-25(21-15)8-9-26-2/h3-6,13H,7-11H2,1-2H3. The number of aryl methyl sites for hydroxylation is 1. The highest BCUT2D eigenvalue weighted by molar-refractivity contribution is 5.51. The number of rotatable bonds is 6. The molecule has 1 atom stereocenters. The molecule has 0 aliphatic carbocycles. The minimum Gasteiger partial charge on any atom is -0.383 e. The number of aromatic nitrogens is 8. The minimum atomic E-state index is -0.258. The molecule has 1 fully saturated rings. The van der Waals surface area contributed by atoms with E-state index in [1.54, 1.807) is 13.3 Å². The zero-order valence-electron chi connectivity index (χ0n) is 15.3. The normalized spacial score (nSPS) is 17.4. The second-order valence-corrected chi connectivity index (χ2v) is 6.18. The van der Waals surface area contributed by atoms with Gasteiger partial charge in [-0.1, -0.05) is 0 Å². The van der Waals surface area contributed by atoms with Gasteiger partial charge in [0, 0.05) is 33.1 Å². The molecule has 0 amide bonds. The lowest BCUT2D eigenvalue weighted by Crippen LogP contribution is -2.39. The predicted octanol–water partition coefficient (Wildman–Crippen LogP) is 0.0879. The van der Waals surface area contributed by atoms with E-state index in [4.69, 9.17) is 9.47 Å². The summed E-state index contributed by atoms with van der Waals surface area (Å²) in [6, 6.07) is 3.87. The number of hydrogen-bond acceptors (Lipinski definition) is 9. The van der Waals surface area contributed by atoms with Gasteiger partial charge < -0.3 is 18.9 Å². The first kappa shape index (κ1) is 17.5. The average Bonchev–Trinajstić information content (AvgIpc) is 3.36. The number of morpholine rings is 1. The summed E-state index contributed by atoms with van der Waals surface area (Å²) in [5, 5.41) is 21.2. The van der Waals surface area contributed by atoms with Crippen molar-refractivity contribution in [3.05, 3.63) is 30.4 Å². The Morgan fingerprint density at radius 1 is 1.26 bits per heavy atom. The van der Waals surface area contributed by atoms with E-state index < -0.39 is 0 Å². The quantitative estimate of drug-likeness (QED) is 0.595. The molecule has 0 spiro atoms. The number of tetrazole rings is 1. The number of hydrogen-bond donors (Lipinski definition) is 0. The number of anilines is 1. The van der Waals surface area contributed by atoms with Gasteiger partial charge in [-0.25, -0.2) is 4.98 Å². The minimum absolute atomic E-state index is 0.258. The van der Waals surface area contributed by atoms with Crippen molar-refractivity contribution in [3.63, 3.8) is 0 Å². The fourth-order valence-electron chi connectivity index (χ4n) is 2.89. The van der Waals surface area contributed by atoms with Crippen LogP contribution in [0.15, 0.2) is 24.5 Å². The first-order valence-corrected chi connectivity index (χ1v) is 8.69. The number of ether oxygens (including phenoxy) is 2. The fourth-order valence-corrected chi connectivity index (χ4v) is 2.89. The summed E-state index contributed by atoms with van der Waals surface area (Å²) in [6.45, 7) is 2.96. The van der Waals surface area contributed by atoms with Crippen LogP contribution in [0.25, 0.3) is 11.5 Å². The van der Waals surface area contributed by atoms with Crippen molar-refractivity contribution in [1.82, 2.24) is 40.0 Å². The summed E-state index contributed by atoms with van der Waals surface area (Å²) in [4.78, 5) is 7.92. The summed E-state index contributed by atoms with van der Waals surface area (Å²) in [7, 11) is 3.57. The van der Waals surface area contributed by atoms with E-state index >= 15 is 0 Å². The van der Waals surface area contributed by atoms with Crippen molar-refractivity contribution < 1.29 is 9.47 Å². The van der Waals surface area contributed by atoms with E-state index in [1.165, 1.54) is 4.80 Å². The third-order valence-corrected chi connectivity index (χ3v) is 4.34. The molecule has 1 unspecified atom stereocenters. The van der Waals surface area contributed by atoms with Gasteiger partial charge in [0.1, 0.15) is 11.8 Å². The smallest absolute Gasteiger partial charge is 0.205 e. The highest BCUT2D eigenvalue weighted by atomic mass is 16.5. The van der Waals surface area contributed by atoms with Crippen LogP contribution in [0.5, 0.6) is 0 Å². The molecular formula is C16H21N9O2. The molecule has 4 heterocycles. The van der Waals surface area contributed by atoms with Gasteiger partial charge in [-0.2, -0.15) is 4.80 Å². The molecule has 1 aliphatic rings. The molecule has 3 aromatic heterocycles. The summed E-state index contributed by atoms with van der Waals surface area (Å²) in [5.41, 5.74) is 0.735. The zero-order valence-corrected chi connectivity index (χ0v) is 15.3. The fraction of sp³-hybridized carbons (Fsp3) is 0.500. The van der Waals surface area contributed by atoms with Crippen LogP contribution in [-0.2, 0) is 23.1 Å². The van der Waals surface area contributed by atoms with Gasteiger partial charge in [0.15, 0.2) is 11.6 Å².